The largest absolute Gasteiger partial charge is 0.433 e. The van der Waals surface area contributed by atoms with Gasteiger partial charge in [0.2, 0.25) is 0 Å². The van der Waals surface area contributed by atoms with E-state index in [0.29, 0.717) is 43.9 Å². The van der Waals surface area contributed by atoms with Crippen LogP contribution in [0, 0.1) is 0 Å². The van der Waals surface area contributed by atoms with Crippen LogP contribution in [-0.4, -0.2) is 51.2 Å². The first-order valence-corrected chi connectivity index (χ1v) is 10.4. The van der Waals surface area contributed by atoms with E-state index in [4.69, 9.17) is 4.74 Å². The monoisotopic (exact) mass is 424 g/mol. The Bertz CT molecular complexity index is 942. The van der Waals surface area contributed by atoms with Gasteiger partial charge < -0.3 is 9.64 Å². The summed E-state index contributed by atoms with van der Waals surface area (Å²) in [4.78, 5) is 19.0. The van der Waals surface area contributed by atoms with Gasteiger partial charge in [0.1, 0.15) is 11.8 Å². The van der Waals surface area contributed by atoms with Crippen molar-refractivity contribution in [1.82, 2.24) is 19.5 Å². The van der Waals surface area contributed by atoms with Gasteiger partial charge in [-0.25, -0.2) is 9.50 Å². The summed E-state index contributed by atoms with van der Waals surface area (Å²) in [5.41, 5.74) is -0.129. The van der Waals surface area contributed by atoms with Crippen molar-refractivity contribution in [3.63, 3.8) is 0 Å². The molecule has 0 aromatic carbocycles. The number of fused-ring (bicyclic) bond motifs is 1. The molecule has 30 heavy (non-hydrogen) atoms. The van der Waals surface area contributed by atoms with Crippen molar-refractivity contribution < 1.29 is 22.7 Å². The minimum Gasteiger partial charge on any atom is -0.368 e. The molecule has 0 saturated carbocycles. The van der Waals surface area contributed by atoms with Crippen LogP contribution in [-0.2, 0) is 21.1 Å². The van der Waals surface area contributed by atoms with Crippen LogP contribution in [0.2, 0.25) is 0 Å². The van der Waals surface area contributed by atoms with Crippen molar-refractivity contribution in [2.45, 2.75) is 70.1 Å². The summed E-state index contributed by atoms with van der Waals surface area (Å²) in [6, 6.07) is 2.72. The molecule has 2 unspecified atom stereocenters. The first-order valence-electron chi connectivity index (χ1n) is 10.4. The second-order valence-electron chi connectivity index (χ2n) is 9.24. The van der Waals surface area contributed by atoms with E-state index >= 15 is 0 Å². The molecule has 4 rings (SSSR count). The molecule has 164 valence electrons. The van der Waals surface area contributed by atoms with E-state index in [-0.39, 0.29) is 17.5 Å². The average Bonchev–Trinajstić information content (AvgIpc) is 3.35. The Morgan fingerprint density at radius 2 is 1.93 bits per heavy atom. The summed E-state index contributed by atoms with van der Waals surface area (Å²) in [5, 5.41) is 4.19. The van der Waals surface area contributed by atoms with E-state index in [1.54, 1.807) is 11.0 Å². The molecule has 0 radical (unpaired) electrons. The number of rotatable bonds is 2. The summed E-state index contributed by atoms with van der Waals surface area (Å²) >= 11 is 0. The fourth-order valence-corrected chi connectivity index (χ4v) is 4.17. The fraction of sp³-hybridized carbons (Fsp3) is 0.667. The third-order valence-corrected chi connectivity index (χ3v) is 5.86. The Morgan fingerprint density at radius 3 is 2.57 bits per heavy atom. The van der Waals surface area contributed by atoms with Gasteiger partial charge in [-0.1, -0.05) is 20.8 Å². The number of halogens is 3. The van der Waals surface area contributed by atoms with E-state index in [1.807, 2.05) is 20.8 Å². The molecule has 4 heterocycles. The van der Waals surface area contributed by atoms with Gasteiger partial charge in [0, 0.05) is 42.8 Å². The zero-order valence-corrected chi connectivity index (χ0v) is 17.5. The summed E-state index contributed by atoms with van der Waals surface area (Å²) < 4.78 is 47.8. The number of nitrogens with zero attached hydrogens (tertiary/aromatic N) is 4. The second kappa shape index (κ2) is 7.51. The van der Waals surface area contributed by atoms with Gasteiger partial charge in [-0.05, 0) is 31.7 Å². The molecule has 2 atom stereocenters. The van der Waals surface area contributed by atoms with Crippen LogP contribution in [0.5, 0.6) is 0 Å². The molecule has 2 saturated heterocycles. The van der Waals surface area contributed by atoms with E-state index in [0.717, 1.165) is 23.4 Å². The maximum atomic E-state index is 13.8. The lowest BCUT2D eigenvalue weighted by molar-refractivity contribution is -0.143. The van der Waals surface area contributed by atoms with Crippen molar-refractivity contribution in [1.29, 1.82) is 0 Å². The van der Waals surface area contributed by atoms with Gasteiger partial charge in [0.05, 0.1) is 5.69 Å². The zero-order chi connectivity index (χ0) is 21.7. The minimum atomic E-state index is -4.56. The summed E-state index contributed by atoms with van der Waals surface area (Å²) in [7, 11) is 0. The van der Waals surface area contributed by atoms with Crippen LogP contribution in [0.25, 0.3) is 5.65 Å². The number of carbonyl (C=O) groups is 1. The summed E-state index contributed by atoms with van der Waals surface area (Å²) in [5.74, 6) is -0.308. The molecule has 0 spiro atoms. The van der Waals surface area contributed by atoms with Crippen LogP contribution >= 0.6 is 0 Å². The molecular formula is C21H27F3N4O2. The van der Waals surface area contributed by atoms with E-state index < -0.39 is 23.4 Å². The maximum absolute atomic E-state index is 13.8. The van der Waals surface area contributed by atoms with Gasteiger partial charge in [-0.2, -0.15) is 18.3 Å². The van der Waals surface area contributed by atoms with Gasteiger partial charge in [0.25, 0.3) is 5.91 Å². The molecule has 2 aromatic heterocycles. The average molecular weight is 424 g/mol. The topological polar surface area (TPSA) is 59.7 Å². The summed E-state index contributed by atoms with van der Waals surface area (Å²) in [6.07, 6.45) is -2.00. The molecule has 0 N–H and O–H groups in total. The molecule has 2 fully saturated rings. The molecular weight excluding hydrogens is 397 g/mol. The Hall–Kier alpha value is -2.16. The van der Waals surface area contributed by atoms with E-state index in [1.165, 1.54) is 0 Å². The lowest BCUT2D eigenvalue weighted by atomic mass is 9.92. The zero-order valence-electron chi connectivity index (χ0n) is 17.5. The van der Waals surface area contributed by atoms with Gasteiger partial charge in [-0.15, -0.1) is 0 Å². The van der Waals surface area contributed by atoms with Crippen molar-refractivity contribution in [3.05, 3.63) is 29.2 Å². The van der Waals surface area contributed by atoms with Crippen molar-refractivity contribution in [2.75, 3.05) is 19.7 Å². The lowest BCUT2D eigenvalue weighted by Crippen LogP contribution is -2.44. The van der Waals surface area contributed by atoms with Crippen LogP contribution in [0.15, 0.2) is 12.1 Å². The molecule has 2 aromatic rings. The quantitative estimate of drug-likeness (QED) is 0.733. The number of ether oxygens (including phenoxy) is 1. The molecule has 9 heteroatoms. The maximum Gasteiger partial charge on any atom is 0.433 e. The first kappa shape index (κ1) is 21.1. The number of hydrogen-bond donors (Lipinski definition) is 0. The van der Waals surface area contributed by atoms with Crippen molar-refractivity contribution >= 4 is 11.6 Å². The highest BCUT2D eigenvalue weighted by Gasteiger charge is 2.38. The SMILES string of the molecule is CC(C)(C)c1cc2nc(C3CCCN(C(=O)C4CCCO4)C3)cc(C(F)(F)F)n2n1. The van der Waals surface area contributed by atoms with Gasteiger partial charge in [-0.3, -0.25) is 4.79 Å². The third kappa shape index (κ3) is 4.04. The normalized spacial score (nSPS) is 23.3. The smallest absolute Gasteiger partial charge is 0.368 e. The van der Waals surface area contributed by atoms with Crippen LogP contribution < -0.4 is 0 Å². The van der Waals surface area contributed by atoms with Crippen LogP contribution in [0.3, 0.4) is 0 Å². The molecule has 0 aliphatic carbocycles. The van der Waals surface area contributed by atoms with Crippen LogP contribution in [0.4, 0.5) is 13.2 Å². The Morgan fingerprint density at radius 1 is 1.17 bits per heavy atom. The molecule has 6 nitrogen and oxygen atoms in total. The molecule has 2 aliphatic heterocycles. The lowest BCUT2D eigenvalue weighted by Gasteiger charge is -2.34. The van der Waals surface area contributed by atoms with Crippen molar-refractivity contribution in [3.8, 4) is 0 Å². The van der Waals surface area contributed by atoms with Crippen LogP contribution in [0.1, 0.15) is 69.5 Å². The molecule has 0 bridgehead atoms. The first-order chi connectivity index (χ1) is 14.0. The highest BCUT2D eigenvalue weighted by molar-refractivity contribution is 5.81. The van der Waals surface area contributed by atoms with E-state index in [9.17, 15) is 18.0 Å². The number of aromatic nitrogens is 3. The Balaban J connectivity index is 1.68. The molecule has 2 aliphatic rings. The minimum absolute atomic E-state index is 0.0614. The highest BCUT2D eigenvalue weighted by Crippen LogP contribution is 2.35. The summed E-state index contributed by atoms with van der Waals surface area (Å²) in [6.45, 7) is 7.25. The predicted molar refractivity (Wildman–Crippen MR) is 104 cm³/mol. The van der Waals surface area contributed by atoms with Crippen molar-refractivity contribution in [2.24, 2.45) is 0 Å². The number of likely N-dealkylation sites (tertiary alicyclic amines) is 1. The number of alkyl halides is 3. The second-order valence-corrected chi connectivity index (χ2v) is 9.24. The predicted octanol–water partition coefficient (Wildman–Crippen LogP) is 3.93. The number of amides is 1. The standard InChI is InChI=1S/C21H27F3N4O2/c1-20(2,3)16-11-18-25-14(10-17(21(22,23)24)28(18)26-16)13-6-4-8-27(12-13)19(29)15-7-5-9-30-15/h10-11,13,15H,4-9,12H2,1-3H3. The third-order valence-electron chi connectivity index (χ3n) is 5.86. The highest BCUT2D eigenvalue weighted by atomic mass is 19.4. The van der Waals surface area contributed by atoms with E-state index in [2.05, 4.69) is 10.1 Å². The van der Waals surface area contributed by atoms with Gasteiger partial charge in [0.15, 0.2) is 5.65 Å². The molecule has 1 amide bonds. The van der Waals surface area contributed by atoms with Gasteiger partial charge >= 0.3 is 6.18 Å². The number of hydrogen-bond acceptors (Lipinski definition) is 4. The number of piperidine rings is 1. The fourth-order valence-electron chi connectivity index (χ4n) is 4.17. The number of carbonyl (C=O) groups excluding carboxylic acids is 1. The Labute approximate surface area is 173 Å². The Kier molecular flexibility index (Phi) is 5.28.